The zero-order chi connectivity index (χ0) is 12.8. The summed E-state index contributed by atoms with van der Waals surface area (Å²) in [5, 5.41) is 4.01. The molecule has 0 spiro atoms. The van der Waals surface area contributed by atoms with Gasteiger partial charge < -0.3 is 10.2 Å². The normalized spacial score (nSPS) is 13.1. The number of hydrogen-bond donors (Lipinski definition) is 1. The number of nitrogens with zero attached hydrogens (tertiary/aromatic N) is 1. The molecule has 0 aliphatic rings. The van der Waals surface area contributed by atoms with Crippen LogP contribution >= 0.6 is 11.6 Å². The van der Waals surface area contributed by atoms with Crippen LogP contribution in [0.5, 0.6) is 0 Å². The second kappa shape index (κ2) is 6.94. The minimum atomic E-state index is -0.244. The summed E-state index contributed by atoms with van der Waals surface area (Å²) in [6.07, 6.45) is 1.04. The van der Waals surface area contributed by atoms with E-state index in [0.717, 1.165) is 25.1 Å². The third-order valence-electron chi connectivity index (χ3n) is 2.52. The van der Waals surface area contributed by atoms with Gasteiger partial charge in [0.25, 0.3) is 0 Å². The molecule has 0 fully saturated rings. The van der Waals surface area contributed by atoms with E-state index in [1.807, 2.05) is 14.1 Å². The molecule has 0 aliphatic heterocycles. The van der Waals surface area contributed by atoms with E-state index in [1.54, 1.807) is 6.07 Å². The van der Waals surface area contributed by atoms with Gasteiger partial charge in [-0.1, -0.05) is 18.5 Å². The van der Waals surface area contributed by atoms with E-state index in [-0.39, 0.29) is 11.9 Å². The second-order valence-corrected chi connectivity index (χ2v) is 4.84. The van der Waals surface area contributed by atoms with Crippen molar-refractivity contribution in [2.24, 2.45) is 0 Å². The van der Waals surface area contributed by atoms with Crippen LogP contribution < -0.4 is 5.32 Å². The zero-order valence-electron chi connectivity index (χ0n) is 10.6. The van der Waals surface area contributed by atoms with Crippen molar-refractivity contribution in [3.8, 4) is 0 Å². The van der Waals surface area contributed by atoms with Gasteiger partial charge in [-0.2, -0.15) is 0 Å². The molecule has 1 atom stereocenters. The lowest BCUT2D eigenvalue weighted by Crippen LogP contribution is -2.32. The highest BCUT2D eigenvalue weighted by molar-refractivity contribution is 6.31. The Balaban J connectivity index is 2.90. The van der Waals surface area contributed by atoms with Crippen molar-refractivity contribution >= 4 is 11.6 Å². The Morgan fingerprint density at radius 3 is 2.71 bits per heavy atom. The summed E-state index contributed by atoms with van der Waals surface area (Å²) >= 11 is 6.13. The van der Waals surface area contributed by atoms with Crippen LogP contribution in [0.1, 0.15) is 24.9 Å². The summed E-state index contributed by atoms with van der Waals surface area (Å²) in [6.45, 7) is 3.79. The molecule has 1 aromatic rings. The quantitative estimate of drug-likeness (QED) is 0.844. The Bertz CT molecular complexity index is 355. The van der Waals surface area contributed by atoms with Gasteiger partial charge in [-0.25, -0.2) is 4.39 Å². The van der Waals surface area contributed by atoms with Gasteiger partial charge in [0, 0.05) is 17.6 Å². The van der Waals surface area contributed by atoms with Crippen molar-refractivity contribution in [3.63, 3.8) is 0 Å². The van der Waals surface area contributed by atoms with Crippen LogP contribution in [-0.4, -0.2) is 32.1 Å². The van der Waals surface area contributed by atoms with Crippen molar-refractivity contribution in [1.82, 2.24) is 10.2 Å². The van der Waals surface area contributed by atoms with Gasteiger partial charge in [0.2, 0.25) is 0 Å². The highest BCUT2D eigenvalue weighted by Crippen LogP contribution is 2.24. The lowest BCUT2D eigenvalue weighted by molar-refractivity contribution is 0.341. The van der Waals surface area contributed by atoms with Crippen molar-refractivity contribution in [2.75, 3.05) is 27.2 Å². The molecule has 0 radical (unpaired) electrons. The maximum absolute atomic E-state index is 13.3. The molecule has 2 nitrogen and oxygen atoms in total. The summed E-state index contributed by atoms with van der Waals surface area (Å²) in [5.74, 6) is -0.244. The van der Waals surface area contributed by atoms with Crippen molar-refractivity contribution in [3.05, 3.63) is 34.6 Å². The molecule has 1 unspecified atom stereocenters. The summed E-state index contributed by atoms with van der Waals surface area (Å²) in [6, 6.07) is 4.58. The van der Waals surface area contributed by atoms with Crippen LogP contribution in [0.4, 0.5) is 4.39 Å². The molecule has 4 heteroatoms. The third kappa shape index (κ3) is 4.62. The van der Waals surface area contributed by atoms with Crippen LogP contribution in [0, 0.1) is 5.82 Å². The number of likely N-dealkylation sites (N-methyl/N-ethyl adjacent to an activating group) is 1. The first-order chi connectivity index (χ1) is 8.04. The third-order valence-corrected chi connectivity index (χ3v) is 2.87. The summed E-state index contributed by atoms with van der Waals surface area (Å²) in [4.78, 5) is 2.06. The molecule has 1 N–H and O–H groups in total. The Morgan fingerprint density at radius 1 is 1.41 bits per heavy atom. The first-order valence-electron chi connectivity index (χ1n) is 5.87. The largest absolute Gasteiger partial charge is 0.309 e. The topological polar surface area (TPSA) is 15.3 Å². The van der Waals surface area contributed by atoms with E-state index in [1.165, 1.54) is 12.1 Å². The molecule has 0 amide bonds. The average molecular weight is 259 g/mol. The van der Waals surface area contributed by atoms with Crippen molar-refractivity contribution in [2.45, 2.75) is 19.4 Å². The van der Waals surface area contributed by atoms with Gasteiger partial charge >= 0.3 is 0 Å². The van der Waals surface area contributed by atoms with E-state index in [0.29, 0.717) is 5.02 Å². The summed E-state index contributed by atoms with van der Waals surface area (Å²) in [7, 11) is 3.99. The molecule has 0 aliphatic carbocycles. The lowest BCUT2D eigenvalue weighted by atomic mass is 10.1. The number of rotatable bonds is 6. The first-order valence-corrected chi connectivity index (χ1v) is 6.25. The summed E-state index contributed by atoms with van der Waals surface area (Å²) in [5.41, 5.74) is 0.828. The zero-order valence-corrected chi connectivity index (χ0v) is 11.4. The maximum Gasteiger partial charge on any atom is 0.123 e. The predicted octanol–water partition coefficient (Wildman–Crippen LogP) is 3.08. The van der Waals surface area contributed by atoms with Gasteiger partial charge in [-0.15, -0.1) is 0 Å². The number of benzene rings is 1. The highest BCUT2D eigenvalue weighted by Gasteiger charge is 2.15. The highest BCUT2D eigenvalue weighted by atomic mass is 35.5. The van der Waals surface area contributed by atoms with Crippen LogP contribution in [0.15, 0.2) is 18.2 Å². The molecule has 17 heavy (non-hydrogen) atoms. The average Bonchev–Trinajstić information content (AvgIpc) is 2.27. The van der Waals surface area contributed by atoms with Crippen LogP contribution in [-0.2, 0) is 0 Å². The van der Waals surface area contributed by atoms with E-state index < -0.39 is 0 Å². The number of nitrogens with one attached hydrogen (secondary N) is 1. The Labute approximate surface area is 108 Å². The SMILES string of the molecule is CCCNC(CN(C)C)c1cc(F)ccc1Cl. The Morgan fingerprint density at radius 2 is 2.12 bits per heavy atom. The van der Waals surface area contributed by atoms with E-state index in [4.69, 9.17) is 11.6 Å². The second-order valence-electron chi connectivity index (χ2n) is 4.43. The fourth-order valence-corrected chi connectivity index (χ4v) is 1.99. The molecule has 0 bridgehead atoms. The number of halogens is 2. The minimum absolute atomic E-state index is 0.0631. The molecular weight excluding hydrogens is 239 g/mol. The smallest absolute Gasteiger partial charge is 0.123 e. The standard InChI is InChI=1S/C13H20ClFN2/c1-4-7-16-13(9-17(2)3)11-8-10(15)5-6-12(11)14/h5-6,8,13,16H,4,7,9H2,1-3H3. The first kappa shape index (κ1) is 14.4. The van der Waals surface area contributed by atoms with Gasteiger partial charge in [0.05, 0.1) is 0 Å². The Hall–Kier alpha value is -0.640. The minimum Gasteiger partial charge on any atom is -0.309 e. The predicted molar refractivity (Wildman–Crippen MR) is 71.0 cm³/mol. The molecule has 0 heterocycles. The molecule has 96 valence electrons. The molecule has 1 rings (SSSR count). The fourth-order valence-electron chi connectivity index (χ4n) is 1.74. The van der Waals surface area contributed by atoms with Crippen LogP contribution in [0.25, 0.3) is 0 Å². The molecule has 0 aromatic heterocycles. The molecular formula is C13H20ClFN2. The molecule has 0 saturated carbocycles. The lowest BCUT2D eigenvalue weighted by Gasteiger charge is -2.23. The monoisotopic (exact) mass is 258 g/mol. The van der Waals surface area contributed by atoms with Crippen molar-refractivity contribution < 1.29 is 4.39 Å². The van der Waals surface area contributed by atoms with Crippen LogP contribution in [0.3, 0.4) is 0 Å². The number of hydrogen-bond acceptors (Lipinski definition) is 2. The van der Waals surface area contributed by atoms with Crippen LogP contribution in [0.2, 0.25) is 5.02 Å². The van der Waals surface area contributed by atoms with Crippen molar-refractivity contribution in [1.29, 1.82) is 0 Å². The van der Waals surface area contributed by atoms with Gasteiger partial charge in [0.15, 0.2) is 0 Å². The molecule has 0 saturated heterocycles. The van der Waals surface area contributed by atoms with E-state index in [9.17, 15) is 4.39 Å². The van der Waals surface area contributed by atoms with Gasteiger partial charge in [0.1, 0.15) is 5.82 Å². The van der Waals surface area contributed by atoms with Gasteiger partial charge in [-0.05, 0) is 50.8 Å². The van der Waals surface area contributed by atoms with Gasteiger partial charge in [-0.3, -0.25) is 0 Å². The molecule has 1 aromatic carbocycles. The van der Waals surface area contributed by atoms with E-state index in [2.05, 4.69) is 17.1 Å². The maximum atomic E-state index is 13.3. The summed E-state index contributed by atoms with van der Waals surface area (Å²) < 4.78 is 13.3. The van der Waals surface area contributed by atoms with E-state index >= 15 is 0 Å². The Kier molecular flexibility index (Phi) is 5.89. The fraction of sp³-hybridized carbons (Fsp3) is 0.538.